The summed E-state index contributed by atoms with van der Waals surface area (Å²) in [6.45, 7) is 0. The van der Waals surface area contributed by atoms with Crippen molar-refractivity contribution in [3.8, 4) is 28.3 Å². The lowest BCUT2D eigenvalue weighted by Crippen LogP contribution is -2.30. The summed E-state index contributed by atoms with van der Waals surface area (Å²) < 4.78 is 8.92. The number of ether oxygens (including phenoxy) is 1. The van der Waals surface area contributed by atoms with Gasteiger partial charge in [-0.1, -0.05) is 140 Å². The topological polar surface area (TPSA) is 33.0 Å². The van der Waals surface area contributed by atoms with E-state index in [4.69, 9.17) is 9.73 Å². The second-order valence-corrected chi connectivity index (χ2v) is 15.6. The Morgan fingerprint density at radius 3 is 2.00 bits per heavy atom. The van der Waals surface area contributed by atoms with Crippen LogP contribution in [-0.4, -0.2) is 17.3 Å². The van der Waals surface area contributed by atoms with E-state index in [9.17, 15) is 0 Å². The van der Waals surface area contributed by atoms with E-state index in [0.29, 0.717) is 0 Å². The van der Waals surface area contributed by atoms with Gasteiger partial charge >= 0.3 is 0 Å². The lowest BCUT2D eigenvalue weighted by atomic mass is 9.96. The molecule has 0 saturated carbocycles. The Morgan fingerprint density at radius 1 is 0.467 bits per heavy atom. The highest BCUT2D eigenvalue weighted by molar-refractivity contribution is 6.22. The monoisotopic (exact) mass is 770 g/mol. The van der Waals surface area contributed by atoms with Crippen molar-refractivity contribution < 1.29 is 4.74 Å². The molecule has 284 valence electrons. The summed E-state index contributed by atoms with van der Waals surface area (Å²) in [5.74, 6) is 1.67. The first-order valence-corrected chi connectivity index (χ1v) is 20.5. The van der Waals surface area contributed by atoms with Crippen molar-refractivity contribution in [1.82, 2.24) is 4.57 Å². The average Bonchev–Trinajstić information content (AvgIpc) is 3.65. The van der Waals surface area contributed by atoms with Gasteiger partial charge in [-0.25, -0.2) is 0 Å². The summed E-state index contributed by atoms with van der Waals surface area (Å²) in [6, 6.07) is 73.6. The van der Waals surface area contributed by atoms with Gasteiger partial charge in [0.25, 0.3) is 0 Å². The van der Waals surface area contributed by atoms with E-state index in [1.54, 1.807) is 0 Å². The molecule has 0 radical (unpaired) electrons. The SMILES string of the molecule is CN1c2ccccc2C(c2ccccc2)=NC1c1ccc(-n2c3cc(-c4ccc5c(c4)N(c4ccccc4)c4ccccc4O5)ccc3c3c4ccccc4ccc32)cc1. The van der Waals surface area contributed by atoms with Crippen LogP contribution in [0.15, 0.2) is 211 Å². The molecule has 5 nitrogen and oxygen atoms in total. The lowest BCUT2D eigenvalue weighted by Gasteiger charge is -2.34. The highest BCUT2D eigenvalue weighted by Crippen LogP contribution is 2.51. The van der Waals surface area contributed by atoms with Crippen LogP contribution < -0.4 is 14.5 Å². The molecule has 1 aromatic heterocycles. The van der Waals surface area contributed by atoms with Gasteiger partial charge in [0.2, 0.25) is 0 Å². The van der Waals surface area contributed by atoms with Gasteiger partial charge < -0.3 is 19.1 Å². The fraction of sp³-hybridized carbons (Fsp3) is 0.0364. The van der Waals surface area contributed by atoms with Crippen molar-refractivity contribution in [2.75, 3.05) is 16.8 Å². The summed E-state index contributed by atoms with van der Waals surface area (Å²) >= 11 is 0. The molecule has 5 heteroatoms. The van der Waals surface area contributed by atoms with Gasteiger partial charge in [0.1, 0.15) is 6.17 Å². The largest absolute Gasteiger partial charge is 0.453 e. The smallest absolute Gasteiger partial charge is 0.151 e. The molecule has 0 amide bonds. The minimum atomic E-state index is -0.173. The number of hydrogen-bond acceptors (Lipinski definition) is 4. The molecule has 0 spiro atoms. The Morgan fingerprint density at radius 2 is 1.15 bits per heavy atom. The summed E-state index contributed by atoms with van der Waals surface area (Å²) in [5, 5.41) is 4.95. The van der Waals surface area contributed by atoms with Crippen molar-refractivity contribution in [2.24, 2.45) is 4.99 Å². The van der Waals surface area contributed by atoms with Gasteiger partial charge in [0.15, 0.2) is 11.5 Å². The summed E-state index contributed by atoms with van der Waals surface area (Å²) in [5.41, 5.74) is 14.4. The predicted molar refractivity (Wildman–Crippen MR) is 248 cm³/mol. The zero-order valence-electron chi connectivity index (χ0n) is 32.9. The molecule has 3 heterocycles. The van der Waals surface area contributed by atoms with Crippen LogP contribution in [0.3, 0.4) is 0 Å². The molecule has 1 unspecified atom stereocenters. The fourth-order valence-electron chi connectivity index (χ4n) is 9.35. The summed E-state index contributed by atoms with van der Waals surface area (Å²) in [4.78, 5) is 10.00. The standard InChI is InChI=1S/C55H38N4O/c1-57-46-21-11-10-20-45(46)54(37-15-4-2-5-16-37)56-55(57)38-24-29-42(30-25-38)59-48-32-27-36-14-8-9-19-43(36)53(48)44-31-26-39(34-49(44)59)40-28-33-52-50(35-40)58(41-17-6-3-7-18-41)47-22-12-13-23-51(47)60-52/h2-35,55H,1H3. The molecule has 12 rings (SSSR count). The van der Waals surface area contributed by atoms with E-state index >= 15 is 0 Å². The van der Waals surface area contributed by atoms with Crippen molar-refractivity contribution in [2.45, 2.75) is 6.17 Å². The van der Waals surface area contributed by atoms with Gasteiger partial charge in [-0.15, -0.1) is 0 Å². The third-order valence-corrected chi connectivity index (χ3v) is 12.2. The number of aliphatic imine (C=N–C) groups is 1. The molecule has 1 atom stereocenters. The summed E-state index contributed by atoms with van der Waals surface area (Å²) in [6.07, 6.45) is -0.173. The van der Waals surface area contributed by atoms with Crippen LogP contribution in [0.25, 0.3) is 49.4 Å². The van der Waals surface area contributed by atoms with E-state index < -0.39 is 0 Å². The van der Waals surface area contributed by atoms with Crippen LogP contribution in [0.4, 0.5) is 22.7 Å². The maximum absolute atomic E-state index is 6.50. The molecule has 0 bridgehead atoms. The Balaban J connectivity index is 1.00. The highest BCUT2D eigenvalue weighted by Gasteiger charge is 2.29. The minimum Gasteiger partial charge on any atom is -0.453 e. The Labute approximate surface area is 348 Å². The van der Waals surface area contributed by atoms with E-state index in [0.717, 1.165) is 73.3 Å². The Hall–Kier alpha value is -7.89. The highest BCUT2D eigenvalue weighted by atomic mass is 16.5. The zero-order valence-corrected chi connectivity index (χ0v) is 32.9. The van der Waals surface area contributed by atoms with Gasteiger partial charge in [0, 0.05) is 46.0 Å². The van der Waals surface area contributed by atoms with E-state index in [-0.39, 0.29) is 6.17 Å². The van der Waals surface area contributed by atoms with Crippen LogP contribution in [0.2, 0.25) is 0 Å². The molecule has 2 aliphatic rings. The second kappa shape index (κ2) is 13.6. The Bertz CT molecular complexity index is 3310. The lowest BCUT2D eigenvalue weighted by molar-refractivity contribution is 0.477. The third kappa shape index (κ3) is 5.36. The maximum Gasteiger partial charge on any atom is 0.151 e. The number of benzene rings is 9. The maximum atomic E-state index is 6.50. The molecule has 9 aromatic carbocycles. The van der Waals surface area contributed by atoms with Crippen LogP contribution in [0.1, 0.15) is 22.9 Å². The first-order chi connectivity index (χ1) is 29.7. The number of nitrogens with zero attached hydrogens (tertiary/aromatic N) is 4. The number of fused-ring (bicyclic) bond motifs is 8. The molecule has 0 fully saturated rings. The van der Waals surface area contributed by atoms with E-state index in [2.05, 4.69) is 216 Å². The minimum absolute atomic E-state index is 0.173. The van der Waals surface area contributed by atoms with Crippen molar-refractivity contribution in [3.63, 3.8) is 0 Å². The van der Waals surface area contributed by atoms with Crippen molar-refractivity contribution >= 4 is 61.0 Å². The van der Waals surface area contributed by atoms with Gasteiger partial charge in [0.05, 0.1) is 28.1 Å². The molecule has 0 aliphatic carbocycles. The molecule has 60 heavy (non-hydrogen) atoms. The van der Waals surface area contributed by atoms with Crippen molar-refractivity contribution in [1.29, 1.82) is 0 Å². The van der Waals surface area contributed by atoms with Gasteiger partial charge in [-0.3, -0.25) is 4.99 Å². The number of hydrogen-bond donors (Lipinski definition) is 0. The van der Waals surface area contributed by atoms with Gasteiger partial charge in [-0.05, 0) is 94.2 Å². The molecular formula is C55H38N4O. The zero-order chi connectivity index (χ0) is 39.7. The second-order valence-electron chi connectivity index (χ2n) is 15.6. The third-order valence-electron chi connectivity index (χ3n) is 12.2. The van der Waals surface area contributed by atoms with Crippen LogP contribution in [0.5, 0.6) is 11.5 Å². The Kier molecular flexibility index (Phi) is 7.75. The predicted octanol–water partition coefficient (Wildman–Crippen LogP) is 14.2. The van der Waals surface area contributed by atoms with Gasteiger partial charge in [-0.2, -0.15) is 0 Å². The van der Waals surface area contributed by atoms with Crippen LogP contribution >= 0.6 is 0 Å². The first-order valence-electron chi connectivity index (χ1n) is 20.5. The number of para-hydroxylation sites is 4. The van der Waals surface area contributed by atoms with E-state index in [1.807, 2.05) is 12.1 Å². The quantitative estimate of drug-likeness (QED) is 0.175. The van der Waals surface area contributed by atoms with Crippen molar-refractivity contribution in [3.05, 3.63) is 223 Å². The van der Waals surface area contributed by atoms with E-state index in [1.165, 1.54) is 32.7 Å². The average molecular weight is 771 g/mol. The number of rotatable bonds is 5. The van der Waals surface area contributed by atoms with Crippen LogP contribution in [-0.2, 0) is 0 Å². The molecular weight excluding hydrogens is 733 g/mol. The summed E-state index contributed by atoms with van der Waals surface area (Å²) in [7, 11) is 2.15. The molecule has 0 saturated heterocycles. The first kappa shape index (κ1) is 34.2. The normalized spacial score (nSPS) is 14.4. The molecule has 2 aliphatic heterocycles. The molecule has 10 aromatic rings. The van der Waals surface area contributed by atoms with Crippen LogP contribution in [0, 0.1) is 0 Å². The molecule has 0 N–H and O–H groups in total. The number of aromatic nitrogens is 1. The number of anilines is 4. The fourth-order valence-corrected chi connectivity index (χ4v) is 9.35.